The fraction of sp³-hybridized carbons (Fsp3) is 0.240. The number of nitro groups is 1. The van der Waals surface area contributed by atoms with Gasteiger partial charge in [-0.2, -0.15) is 0 Å². The molecule has 0 amide bonds. The van der Waals surface area contributed by atoms with Crippen LogP contribution in [0.5, 0.6) is 0 Å². The molecule has 1 fully saturated rings. The average molecular weight is 559 g/mol. The number of hydrogen-bond acceptors (Lipinski definition) is 6. The van der Waals surface area contributed by atoms with E-state index in [0.717, 1.165) is 15.6 Å². The maximum Gasteiger partial charge on any atom is 0.282 e. The molecule has 1 aliphatic heterocycles. The summed E-state index contributed by atoms with van der Waals surface area (Å²) in [4.78, 5) is 23.6. The van der Waals surface area contributed by atoms with Crippen molar-refractivity contribution in [2.24, 2.45) is 5.92 Å². The Kier molecular flexibility index (Phi) is 6.31. The number of nitro benzene ring substituents is 1. The van der Waals surface area contributed by atoms with Crippen LogP contribution < -0.4 is 10.4 Å². The number of fused-ring (bicyclic) bond motifs is 3. The van der Waals surface area contributed by atoms with E-state index >= 15 is 0 Å². The average Bonchev–Trinajstić information content (AvgIpc) is 3.14. The van der Waals surface area contributed by atoms with Crippen molar-refractivity contribution in [1.82, 2.24) is 0 Å². The van der Waals surface area contributed by atoms with E-state index in [0.29, 0.717) is 17.0 Å². The van der Waals surface area contributed by atoms with E-state index in [-0.39, 0.29) is 44.7 Å². The van der Waals surface area contributed by atoms with Gasteiger partial charge in [-0.15, -0.1) is 23.4 Å². The third-order valence-electron chi connectivity index (χ3n) is 6.62. The van der Waals surface area contributed by atoms with E-state index in [1.165, 1.54) is 23.9 Å². The lowest BCUT2D eigenvalue weighted by Gasteiger charge is -2.39. The maximum atomic E-state index is 11.9. The summed E-state index contributed by atoms with van der Waals surface area (Å²) in [5.41, 5.74) is 2.57. The Morgan fingerprint density at radius 1 is 1.12 bits per heavy atom. The van der Waals surface area contributed by atoms with Crippen molar-refractivity contribution in [2.75, 3.05) is 5.32 Å². The standard InChI is InChI=1S/C25H20BrClN2O4S/c26-14-6-3-5-13(11-14)23-17-12-20(34-19-10-2-1-9-18(19)29(32)33)22(27)21(17)15-7-4-8-16(25(30)31)24(15)28-23/h1-11,17,20-23,28H,12H2,(H,30,31)/p-1/t17-,20+,21+,22-,23+/m1/s1. The summed E-state index contributed by atoms with van der Waals surface area (Å²) >= 11 is 12.0. The van der Waals surface area contributed by atoms with Crippen molar-refractivity contribution in [3.05, 3.63) is 98.0 Å². The Balaban J connectivity index is 1.58. The monoisotopic (exact) mass is 557 g/mol. The molecule has 1 saturated carbocycles. The topological polar surface area (TPSA) is 95.3 Å². The zero-order valence-electron chi connectivity index (χ0n) is 17.7. The zero-order chi connectivity index (χ0) is 24.0. The molecule has 0 radical (unpaired) electrons. The van der Waals surface area contributed by atoms with Crippen LogP contribution in [-0.4, -0.2) is 21.5 Å². The number of carbonyl (C=O) groups is 1. The molecule has 0 unspecified atom stereocenters. The molecular weight excluding hydrogens is 540 g/mol. The molecule has 0 aromatic heterocycles. The van der Waals surface area contributed by atoms with Crippen molar-refractivity contribution >= 4 is 56.6 Å². The first-order chi connectivity index (χ1) is 16.3. The molecule has 1 heterocycles. The number of halogens is 2. The summed E-state index contributed by atoms with van der Waals surface area (Å²) in [6.45, 7) is 0. The van der Waals surface area contributed by atoms with Crippen molar-refractivity contribution in [1.29, 1.82) is 0 Å². The van der Waals surface area contributed by atoms with E-state index in [9.17, 15) is 20.0 Å². The van der Waals surface area contributed by atoms with Crippen LogP contribution in [0.3, 0.4) is 0 Å². The normalized spacial score (nSPS) is 25.2. The molecular formula is C25H19BrClN2O4S-. The molecule has 0 bridgehead atoms. The predicted octanol–water partition coefficient (Wildman–Crippen LogP) is 5.76. The third-order valence-corrected chi connectivity index (χ3v) is 9.22. The van der Waals surface area contributed by atoms with Gasteiger partial charge in [-0.1, -0.05) is 58.4 Å². The molecule has 174 valence electrons. The molecule has 3 aromatic carbocycles. The Morgan fingerprint density at radius 2 is 1.88 bits per heavy atom. The first kappa shape index (κ1) is 23.2. The smallest absolute Gasteiger partial charge is 0.282 e. The molecule has 1 aliphatic carbocycles. The SMILES string of the molecule is O=C([O-])c1cccc2c1N[C@@H](c1cccc(Br)c1)[C@@H]1C[C@H](Sc3ccccc3[N+](=O)[O-])[C@@H](Cl)[C@@H]21. The number of anilines is 1. The Hall–Kier alpha value is -2.55. The number of thioether (sulfide) groups is 1. The van der Waals surface area contributed by atoms with Gasteiger partial charge in [0.2, 0.25) is 0 Å². The molecule has 1 N–H and O–H groups in total. The lowest BCUT2D eigenvalue weighted by Crippen LogP contribution is -2.33. The van der Waals surface area contributed by atoms with E-state index in [1.807, 2.05) is 30.3 Å². The van der Waals surface area contributed by atoms with Gasteiger partial charge in [0.1, 0.15) is 0 Å². The fourth-order valence-electron chi connectivity index (χ4n) is 5.21. The highest BCUT2D eigenvalue weighted by Crippen LogP contribution is 2.58. The molecule has 9 heteroatoms. The lowest BCUT2D eigenvalue weighted by molar-refractivity contribution is -0.387. The maximum absolute atomic E-state index is 11.9. The summed E-state index contributed by atoms with van der Waals surface area (Å²) < 4.78 is 0.925. The largest absolute Gasteiger partial charge is 0.545 e. The molecule has 5 rings (SSSR count). The number of benzene rings is 3. The minimum atomic E-state index is -1.24. The Labute approximate surface area is 214 Å². The Morgan fingerprint density at radius 3 is 2.62 bits per heavy atom. The molecule has 0 saturated heterocycles. The second kappa shape index (κ2) is 9.24. The number of rotatable bonds is 5. The molecule has 0 spiro atoms. The summed E-state index contributed by atoms with van der Waals surface area (Å²) in [5, 5.41) is 26.5. The van der Waals surface area contributed by atoms with E-state index < -0.39 is 5.97 Å². The van der Waals surface area contributed by atoms with Gasteiger partial charge >= 0.3 is 0 Å². The quantitative estimate of drug-likeness (QED) is 0.243. The fourth-order valence-corrected chi connectivity index (χ4v) is 7.58. The number of carboxylic acid groups (broad SMARTS) is 1. The minimum absolute atomic E-state index is 0.0625. The van der Waals surface area contributed by atoms with E-state index in [4.69, 9.17) is 11.6 Å². The number of carbonyl (C=O) groups excluding carboxylic acids is 1. The number of para-hydroxylation sites is 2. The lowest BCUT2D eigenvalue weighted by atomic mass is 9.76. The molecule has 6 nitrogen and oxygen atoms in total. The van der Waals surface area contributed by atoms with Gasteiger partial charge in [0.25, 0.3) is 5.69 Å². The first-order valence-electron chi connectivity index (χ1n) is 10.8. The van der Waals surface area contributed by atoms with Crippen molar-refractivity contribution in [3.8, 4) is 0 Å². The predicted molar refractivity (Wildman–Crippen MR) is 135 cm³/mol. The summed E-state index contributed by atoms with van der Waals surface area (Å²) in [7, 11) is 0. The second-order valence-corrected chi connectivity index (χ2v) is 11.2. The van der Waals surface area contributed by atoms with Crippen LogP contribution in [0, 0.1) is 16.0 Å². The van der Waals surface area contributed by atoms with Gasteiger partial charge in [-0.05, 0) is 41.7 Å². The van der Waals surface area contributed by atoms with Crippen molar-refractivity contribution < 1.29 is 14.8 Å². The van der Waals surface area contributed by atoms with Gasteiger partial charge in [0, 0.05) is 33.0 Å². The van der Waals surface area contributed by atoms with Crippen LogP contribution in [0.1, 0.15) is 39.9 Å². The number of alkyl halides is 1. The molecule has 34 heavy (non-hydrogen) atoms. The summed E-state index contributed by atoms with van der Waals surface area (Å²) in [6, 6.07) is 19.6. The number of aromatic carboxylic acids is 1. The van der Waals surface area contributed by atoms with Crippen LogP contribution in [0.2, 0.25) is 0 Å². The van der Waals surface area contributed by atoms with Gasteiger partial charge in [-0.25, -0.2) is 0 Å². The van der Waals surface area contributed by atoms with Gasteiger partial charge in [0.05, 0.1) is 27.2 Å². The highest BCUT2D eigenvalue weighted by molar-refractivity contribution is 9.10. The van der Waals surface area contributed by atoms with Gasteiger partial charge < -0.3 is 15.2 Å². The third kappa shape index (κ3) is 4.08. The van der Waals surface area contributed by atoms with E-state index in [1.54, 1.807) is 24.3 Å². The Bertz CT molecular complexity index is 1290. The van der Waals surface area contributed by atoms with Crippen LogP contribution in [-0.2, 0) is 0 Å². The summed E-state index contributed by atoms with van der Waals surface area (Å²) in [6.07, 6.45) is 0.717. The first-order valence-corrected chi connectivity index (χ1v) is 12.9. The molecule has 3 aromatic rings. The molecule has 5 atom stereocenters. The number of carboxylic acids is 1. The van der Waals surface area contributed by atoms with Gasteiger partial charge in [-0.3, -0.25) is 10.1 Å². The van der Waals surface area contributed by atoms with Crippen molar-refractivity contribution in [2.45, 2.75) is 33.9 Å². The van der Waals surface area contributed by atoms with Crippen LogP contribution >= 0.6 is 39.3 Å². The number of nitrogens with zero attached hydrogens (tertiary/aromatic N) is 1. The highest BCUT2D eigenvalue weighted by atomic mass is 79.9. The van der Waals surface area contributed by atoms with Gasteiger partial charge in [0.15, 0.2) is 0 Å². The highest BCUT2D eigenvalue weighted by Gasteiger charge is 2.50. The number of nitrogens with one attached hydrogen (secondary N) is 1. The van der Waals surface area contributed by atoms with Crippen molar-refractivity contribution in [3.63, 3.8) is 0 Å². The molecule has 2 aliphatic rings. The van der Waals surface area contributed by atoms with Crippen LogP contribution in [0.15, 0.2) is 76.1 Å². The van der Waals surface area contributed by atoms with E-state index in [2.05, 4.69) is 21.2 Å². The minimum Gasteiger partial charge on any atom is -0.545 e. The van der Waals surface area contributed by atoms with Crippen LogP contribution in [0.25, 0.3) is 0 Å². The second-order valence-electron chi connectivity index (χ2n) is 8.49. The zero-order valence-corrected chi connectivity index (χ0v) is 20.8. The number of hydrogen-bond donors (Lipinski definition) is 1. The van der Waals surface area contributed by atoms with Crippen LogP contribution in [0.4, 0.5) is 11.4 Å². The summed E-state index contributed by atoms with van der Waals surface area (Å²) in [5.74, 6) is -1.30.